The normalized spacial score (nSPS) is 16.1. The van der Waals surface area contributed by atoms with E-state index in [1.807, 2.05) is 30.3 Å². The molecule has 0 bridgehead atoms. The van der Waals surface area contributed by atoms with E-state index in [0.29, 0.717) is 11.4 Å². The molecule has 124 valence electrons. The lowest BCUT2D eigenvalue weighted by Gasteiger charge is -2.27. The second-order valence-electron chi connectivity index (χ2n) is 5.23. The largest absolute Gasteiger partial charge is 0.298 e. The molecule has 1 saturated heterocycles. The molecule has 1 aromatic carbocycles. The molecule has 7 heteroatoms. The first kappa shape index (κ1) is 16.7. The van der Waals surface area contributed by atoms with Crippen LogP contribution in [0.3, 0.4) is 0 Å². The fourth-order valence-corrected chi connectivity index (χ4v) is 2.55. The summed E-state index contributed by atoms with van der Waals surface area (Å²) >= 11 is 5.01. The highest BCUT2D eigenvalue weighted by atomic mass is 32.1. The van der Waals surface area contributed by atoms with E-state index in [9.17, 15) is 9.59 Å². The summed E-state index contributed by atoms with van der Waals surface area (Å²) in [5, 5.41) is 2.56. The smallest absolute Gasteiger partial charge is 0.265 e. The van der Waals surface area contributed by atoms with E-state index in [1.165, 1.54) is 17.1 Å². The number of amides is 2. The Kier molecular flexibility index (Phi) is 4.76. The van der Waals surface area contributed by atoms with Crippen LogP contribution in [0.1, 0.15) is 5.56 Å². The summed E-state index contributed by atoms with van der Waals surface area (Å²) in [5.74, 6) is -0.445. The first-order valence-electron chi connectivity index (χ1n) is 7.47. The van der Waals surface area contributed by atoms with Crippen molar-refractivity contribution in [3.8, 4) is 11.4 Å². The van der Waals surface area contributed by atoms with E-state index < -0.39 is 11.8 Å². The highest BCUT2D eigenvalue weighted by molar-refractivity contribution is 7.80. The number of benzene rings is 1. The summed E-state index contributed by atoms with van der Waals surface area (Å²) in [6.07, 6.45) is 6.11. The number of carbonyl (C=O) groups is 2. The average molecular weight is 350 g/mol. The maximum Gasteiger partial charge on any atom is 0.265 e. The van der Waals surface area contributed by atoms with Gasteiger partial charge in [0.05, 0.1) is 0 Å². The minimum absolute atomic E-state index is 0.0217. The van der Waals surface area contributed by atoms with Gasteiger partial charge in [0.25, 0.3) is 11.8 Å². The van der Waals surface area contributed by atoms with Crippen LogP contribution in [-0.2, 0) is 9.59 Å². The zero-order chi connectivity index (χ0) is 17.8. The Morgan fingerprint density at radius 2 is 1.84 bits per heavy atom. The number of nitrogens with zero attached hydrogens (tertiary/aromatic N) is 3. The minimum Gasteiger partial charge on any atom is -0.298 e. The van der Waals surface area contributed by atoms with Crippen LogP contribution in [0, 0.1) is 0 Å². The van der Waals surface area contributed by atoms with Crippen molar-refractivity contribution < 1.29 is 9.59 Å². The Morgan fingerprint density at radius 3 is 2.48 bits per heavy atom. The molecule has 0 atom stereocenters. The van der Waals surface area contributed by atoms with Gasteiger partial charge in [0.2, 0.25) is 0 Å². The molecule has 2 amide bonds. The monoisotopic (exact) mass is 350 g/mol. The maximum atomic E-state index is 12.4. The molecule has 2 heterocycles. The van der Waals surface area contributed by atoms with Crippen molar-refractivity contribution in [1.29, 1.82) is 0 Å². The standard InChI is InChI=1S/C18H14N4O2S/c1-2-8-22-17(24)14(16(23)21-18(22)25)9-12-10-19-15(20-11-12)13-6-4-3-5-7-13/h2-7,9-11H,1,8H2,(H,21,23,25). The van der Waals surface area contributed by atoms with E-state index in [1.54, 1.807) is 12.4 Å². The highest BCUT2D eigenvalue weighted by Crippen LogP contribution is 2.16. The third-order valence-corrected chi connectivity index (χ3v) is 3.83. The van der Waals surface area contributed by atoms with Gasteiger partial charge >= 0.3 is 0 Å². The third kappa shape index (κ3) is 3.51. The molecule has 1 aliphatic rings. The quantitative estimate of drug-likeness (QED) is 0.395. The second-order valence-corrected chi connectivity index (χ2v) is 5.61. The molecule has 3 rings (SSSR count). The number of hydrogen-bond donors (Lipinski definition) is 1. The lowest BCUT2D eigenvalue weighted by molar-refractivity contribution is -0.128. The number of thiocarbonyl (C=S) groups is 1. The van der Waals surface area contributed by atoms with Crippen LogP contribution < -0.4 is 5.32 Å². The third-order valence-electron chi connectivity index (χ3n) is 3.51. The summed E-state index contributed by atoms with van der Waals surface area (Å²) in [4.78, 5) is 34.4. The maximum absolute atomic E-state index is 12.4. The average Bonchev–Trinajstić information content (AvgIpc) is 2.63. The molecule has 6 nitrogen and oxygen atoms in total. The molecule has 1 N–H and O–H groups in total. The SMILES string of the molecule is C=CCN1C(=O)C(=Cc2cnc(-c3ccccc3)nc2)C(=O)NC1=S. The van der Waals surface area contributed by atoms with Crippen molar-refractivity contribution in [3.63, 3.8) is 0 Å². The van der Waals surface area contributed by atoms with Crippen LogP contribution >= 0.6 is 12.2 Å². The van der Waals surface area contributed by atoms with Crippen molar-refractivity contribution in [2.24, 2.45) is 0 Å². The van der Waals surface area contributed by atoms with Gasteiger partial charge in [-0.2, -0.15) is 0 Å². The second kappa shape index (κ2) is 7.14. The van der Waals surface area contributed by atoms with E-state index >= 15 is 0 Å². The summed E-state index contributed by atoms with van der Waals surface area (Å²) in [6, 6.07) is 9.52. The van der Waals surface area contributed by atoms with Crippen molar-refractivity contribution in [2.75, 3.05) is 6.54 Å². The van der Waals surface area contributed by atoms with Gasteiger partial charge in [-0.25, -0.2) is 9.97 Å². The number of carbonyl (C=O) groups excluding carboxylic acids is 2. The minimum atomic E-state index is -0.539. The molecule has 1 aliphatic heterocycles. The van der Waals surface area contributed by atoms with Gasteiger partial charge in [0.1, 0.15) is 5.57 Å². The first-order valence-corrected chi connectivity index (χ1v) is 7.88. The number of hydrogen-bond acceptors (Lipinski definition) is 5. The zero-order valence-corrected chi connectivity index (χ0v) is 14.0. The molecule has 0 saturated carbocycles. The Hall–Kier alpha value is -3.19. The Labute approximate surface area is 149 Å². The number of aromatic nitrogens is 2. The van der Waals surface area contributed by atoms with Crippen molar-refractivity contribution in [2.45, 2.75) is 0 Å². The summed E-state index contributed by atoms with van der Waals surface area (Å²) in [5.41, 5.74) is 1.41. The van der Waals surface area contributed by atoms with Crippen LogP contribution in [0.4, 0.5) is 0 Å². The molecule has 0 unspecified atom stereocenters. The molecule has 1 aromatic heterocycles. The lowest BCUT2D eigenvalue weighted by Crippen LogP contribution is -2.53. The van der Waals surface area contributed by atoms with Gasteiger partial charge in [-0.1, -0.05) is 36.4 Å². The lowest BCUT2D eigenvalue weighted by atomic mass is 10.1. The highest BCUT2D eigenvalue weighted by Gasteiger charge is 2.32. The van der Waals surface area contributed by atoms with E-state index in [0.717, 1.165) is 5.56 Å². The molecule has 1 fully saturated rings. The van der Waals surface area contributed by atoms with Gasteiger partial charge in [-0.05, 0) is 18.3 Å². The summed E-state index contributed by atoms with van der Waals surface area (Å²) < 4.78 is 0. The Balaban J connectivity index is 1.88. The van der Waals surface area contributed by atoms with Crippen molar-refractivity contribution >= 4 is 35.2 Å². The van der Waals surface area contributed by atoms with Crippen LogP contribution in [0.5, 0.6) is 0 Å². The van der Waals surface area contributed by atoms with Crippen LogP contribution in [0.2, 0.25) is 0 Å². The summed E-state index contributed by atoms with van der Waals surface area (Å²) in [6.45, 7) is 3.81. The van der Waals surface area contributed by atoms with Crippen LogP contribution in [0.25, 0.3) is 17.5 Å². The van der Waals surface area contributed by atoms with Crippen LogP contribution in [0.15, 0.2) is 61.0 Å². The zero-order valence-electron chi connectivity index (χ0n) is 13.2. The number of rotatable bonds is 4. The van der Waals surface area contributed by atoms with Gasteiger partial charge in [-0.15, -0.1) is 6.58 Å². The fraction of sp³-hybridized carbons (Fsp3) is 0.0556. The molecule has 0 spiro atoms. The Morgan fingerprint density at radius 1 is 1.16 bits per heavy atom. The molecule has 0 radical (unpaired) electrons. The van der Waals surface area contributed by atoms with Crippen LogP contribution in [-0.4, -0.2) is 38.3 Å². The van der Waals surface area contributed by atoms with E-state index in [-0.39, 0.29) is 17.2 Å². The molecular formula is C18H14N4O2S. The molecule has 0 aliphatic carbocycles. The van der Waals surface area contributed by atoms with Gasteiger partial charge in [0, 0.05) is 30.1 Å². The van der Waals surface area contributed by atoms with Crippen molar-refractivity contribution in [1.82, 2.24) is 20.2 Å². The topological polar surface area (TPSA) is 75.2 Å². The Bertz CT molecular complexity index is 876. The molecular weight excluding hydrogens is 336 g/mol. The van der Waals surface area contributed by atoms with Gasteiger partial charge < -0.3 is 0 Å². The first-order chi connectivity index (χ1) is 12.1. The van der Waals surface area contributed by atoms with E-state index in [2.05, 4.69) is 21.9 Å². The predicted molar refractivity (Wildman–Crippen MR) is 98.1 cm³/mol. The molecule has 2 aromatic rings. The van der Waals surface area contributed by atoms with E-state index in [4.69, 9.17) is 12.2 Å². The van der Waals surface area contributed by atoms with Gasteiger partial charge in [-0.3, -0.25) is 19.8 Å². The number of nitrogens with one attached hydrogen (secondary N) is 1. The fourth-order valence-electron chi connectivity index (χ4n) is 2.30. The van der Waals surface area contributed by atoms with Crippen molar-refractivity contribution in [3.05, 3.63) is 66.5 Å². The van der Waals surface area contributed by atoms with Gasteiger partial charge in [0.15, 0.2) is 10.9 Å². The summed E-state index contributed by atoms with van der Waals surface area (Å²) in [7, 11) is 0. The molecule has 25 heavy (non-hydrogen) atoms. The predicted octanol–water partition coefficient (Wildman–Crippen LogP) is 1.96.